The smallest absolute Gasteiger partial charge is 0.249 e. The lowest BCUT2D eigenvalue weighted by molar-refractivity contribution is -0.128. The number of ether oxygens (including phenoxy) is 1. The van der Waals surface area contributed by atoms with Gasteiger partial charge in [0.15, 0.2) is 0 Å². The highest BCUT2D eigenvalue weighted by molar-refractivity contribution is 6.01. The Labute approximate surface area is 208 Å². The molecule has 0 aliphatic heterocycles. The predicted octanol–water partition coefficient (Wildman–Crippen LogP) is 4.27. The summed E-state index contributed by atoms with van der Waals surface area (Å²) < 4.78 is 22.0. The molecule has 0 aliphatic rings. The first-order valence-electron chi connectivity index (χ1n) is 11.5. The van der Waals surface area contributed by atoms with E-state index >= 15 is 4.39 Å². The number of aromatic nitrogens is 3. The van der Waals surface area contributed by atoms with Crippen molar-refractivity contribution in [2.45, 2.75) is 38.9 Å². The first-order valence-corrected chi connectivity index (χ1v) is 11.5. The third-order valence-corrected chi connectivity index (χ3v) is 5.51. The van der Waals surface area contributed by atoms with Crippen molar-refractivity contribution in [3.05, 3.63) is 84.2 Å². The molecule has 1 atom stereocenters. The highest BCUT2D eigenvalue weighted by Crippen LogP contribution is 2.32. The van der Waals surface area contributed by atoms with E-state index in [1.165, 1.54) is 34.9 Å². The molecule has 0 saturated heterocycles. The summed E-state index contributed by atoms with van der Waals surface area (Å²) in [5.41, 5.74) is 1.12. The average molecular weight is 490 g/mol. The summed E-state index contributed by atoms with van der Waals surface area (Å²) in [6.07, 6.45) is 0. The fraction of sp³-hybridized carbons (Fsp3) is 0.259. The van der Waals surface area contributed by atoms with Gasteiger partial charge in [-0.15, -0.1) is 5.10 Å². The second kappa shape index (κ2) is 10.2. The van der Waals surface area contributed by atoms with Gasteiger partial charge in [-0.25, -0.2) is 9.07 Å². The molecule has 0 spiro atoms. The lowest BCUT2D eigenvalue weighted by Gasteiger charge is -2.34. The predicted molar refractivity (Wildman–Crippen MR) is 135 cm³/mol. The van der Waals surface area contributed by atoms with Crippen LogP contribution in [0.2, 0.25) is 0 Å². The van der Waals surface area contributed by atoms with Crippen molar-refractivity contribution in [2.24, 2.45) is 0 Å². The van der Waals surface area contributed by atoms with E-state index in [1.54, 1.807) is 42.5 Å². The Balaban J connectivity index is 1.85. The zero-order valence-electron chi connectivity index (χ0n) is 20.6. The molecule has 0 aliphatic carbocycles. The molecule has 9 heteroatoms. The molecule has 1 aromatic heterocycles. The molecule has 4 aromatic rings. The van der Waals surface area contributed by atoms with Crippen LogP contribution in [0, 0.1) is 5.82 Å². The standard InChI is InChI=1S/C27H28FN5O3/c1-27(2,3)29-26(35)25(20-12-5-6-13-21(20)28)33(18-10-9-11-19(16-18)36-4)24(34)17-32-23-15-8-7-14-22(23)30-31-32/h5-16,25H,17H2,1-4H3,(H,29,35)/t25-/m0/s1. The van der Waals surface area contributed by atoms with Crippen LogP contribution in [0.4, 0.5) is 10.1 Å². The van der Waals surface area contributed by atoms with E-state index < -0.39 is 29.2 Å². The van der Waals surface area contributed by atoms with Gasteiger partial charge < -0.3 is 10.1 Å². The minimum absolute atomic E-state index is 0.0684. The summed E-state index contributed by atoms with van der Waals surface area (Å²) in [5.74, 6) is -1.11. The fourth-order valence-electron chi connectivity index (χ4n) is 3.97. The molecule has 8 nitrogen and oxygen atoms in total. The molecular weight excluding hydrogens is 461 g/mol. The average Bonchev–Trinajstić information content (AvgIpc) is 3.24. The molecule has 0 unspecified atom stereocenters. The van der Waals surface area contributed by atoms with E-state index in [0.717, 1.165) is 0 Å². The monoisotopic (exact) mass is 489 g/mol. The normalized spacial score (nSPS) is 12.2. The Morgan fingerprint density at radius 1 is 1.06 bits per heavy atom. The van der Waals surface area contributed by atoms with Gasteiger partial charge >= 0.3 is 0 Å². The lowest BCUT2D eigenvalue weighted by atomic mass is 10.00. The summed E-state index contributed by atoms with van der Waals surface area (Å²) in [5, 5.41) is 11.1. The zero-order valence-corrected chi connectivity index (χ0v) is 20.6. The third kappa shape index (κ3) is 5.35. The van der Waals surface area contributed by atoms with Crippen molar-refractivity contribution in [2.75, 3.05) is 12.0 Å². The van der Waals surface area contributed by atoms with E-state index in [1.807, 2.05) is 32.9 Å². The van der Waals surface area contributed by atoms with Crippen LogP contribution in [0.25, 0.3) is 11.0 Å². The fourth-order valence-corrected chi connectivity index (χ4v) is 3.97. The van der Waals surface area contributed by atoms with Crippen molar-refractivity contribution in [3.63, 3.8) is 0 Å². The molecule has 1 heterocycles. The Hall–Kier alpha value is -4.27. The maximum absolute atomic E-state index is 15.1. The number of fused-ring (bicyclic) bond motifs is 1. The van der Waals surface area contributed by atoms with Gasteiger partial charge in [0.05, 0.1) is 12.6 Å². The lowest BCUT2D eigenvalue weighted by Crippen LogP contribution is -2.50. The Kier molecular flexibility index (Phi) is 7.00. The minimum Gasteiger partial charge on any atom is -0.497 e. The Bertz CT molecular complexity index is 1400. The third-order valence-electron chi connectivity index (χ3n) is 5.51. The Morgan fingerprint density at radius 3 is 2.50 bits per heavy atom. The number of hydrogen-bond donors (Lipinski definition) is 1. The molecule has 0 bridgehead atoms. The molecule has 1 N–H and O–H groups in total. The van der Waals surface area contributed by atoms with E-state index in [0.29, 0.717) is 22.5 Å². The molecule has 3 aromatic carbocycles. The van der Waals surface area contributed by atoms with E-state index in [2.05, 4.69) is 15.6 Å². The SMILES string of the molecule is COc1cccc(N(C(=O)Cn2nnc3ccccc32)[C@H](C(=O)NC(C)(C)C)c2ccccc2F)c1. The van der Waals surface area contributed by atoms with Crippen molar-refractivity contribution >= 4 is 28.5 Å². The number of carbonyl (C=O) groups excluding carboxylic acids is 2. The maximum atomic E-state index is 15.1. The molecule has 0 fully saturated rings. The molecule has 4 rings (SSSR count). The first kappa shape index (κ1) is 24.8. The van der Waals surface area contributed by atoms with Crippen molar-refractivity contribution in [1.29, 1.82) is 0 Å². The molecule has 186 valence electrons. The largest absolute Gasteiger partial charge is 0.497 e. The summed E-state index contributed by atoms with van der Waals surface area (Å²) >= 11 is 0. The van der Waals surface area contributed by atoms with Gasteiger partial charge in [-0.1, -0.05) is 41.6 Å². The van der Waals surface area contributed by atoms with E-state index in [-0.39, 0.29) is 12.1 Å². The van der Waals surface area contributed by atoms with Gasteiger partial charge in [0.25, 0.3) is 0 Å². The van der Waals surface area contributed by atoms with E-state index in [9.17, 15) is 9.59 Å². The molecule has 0 saturated carbocycles. The van der Waals surface area contributed by atoms with Crippen molar-refractivity contribution in [1.82, 2.24) is 20.3 Å². The number of halogens is 1. The van der Waals surface area contributed by atoms with Gasteiger partial charge in [0, 0.05) is 22.9 Å². The van der Waals surface area contributed by atoms with Crippen LogP contribution in [0.3, 0.4) is 0 Å². The van der Waals surface area contributed by atoms with Crippen molar-refractivity contribution < 1.29 is 18.7 Å². The van der Waals surface area contributed by atoms with E-state index in [4.69, 9.17) is 4.74 Å². The van der Waals surface area contributed by atoms with Gasteiger partial charge in [-0.2, -0.15) is 0 Å². The van der Waals surface area contributed by atoms with Crippen LogP contribution < -0.4 is 15.0 Å². The topological polar surface area (TPSA) is 89.3 Å². The quantitative estimate of drug-likeness (QED) is 0.419. The molecule has 0 radical (unpaired) electrons. The number of methoxy groups -OCH3 is 1. The number of amides is 2. The van der Waals surface area contributed by atoms with Gasteiger partial charge in [-0.05, 0) is 51.1 Å². The number of nitrogens with one attached hydrogen (secondary N) is 1. The number of carbonyl (C=O) groups is 2. The number of anilines is 1. The first-order chi connectivity index (χ1) is 17.2. The molecule has 36 heavy (non-hydrogen) atoms. The molecular formula is C27H28FN5O3. The summed E-state index contributed by atoms with van der Waals surface area (Å²) in [6, 6.07) is 18.7. The van der Waals surface area contributed by atoms with Crippen LogP contribution in [0.1, 0.15) is 32.4 Å². The second-order valence-corrected chi connectivity index (χ2v) is 9.36. The summed E-state index contributed by atoms with van der Waals surface area (Å²) in [7, 11) is 1.51. The highest BCUT2D eigenvalue weighted by atomic mass is 19.1. The second-order valence-electron chi connectivity index (χ2n) is 9.36. The number of rotatable bonds is 7. The number of para-hydroxylation sites is 1. The zero-order chi connectivity index (χ0) is 25.9. The maximum Gasteiger partial charge on any atom is 0.249 e. The Morgan fingerprint density at radius 2 is 1.78 bits per heavy atom. The minimum atomic E-state index is -1.29. The number of hydrogen-bond acceptors (Lipinski definition) is 5. The summed E-state index contributed by atoms with van der Waals surface area (Å²) in [6.45, 7) is 5.25. The van der Waals surface area contributed by atoms with Gasteiger partial charge in [0.2, 0.25) is 11.8 Å². The van der Waals surface area contributed by atoms with Crippen molar-refractivity contribution in [3.8, 4) is 5.75 Å². The summed E-state index contributed by atoms with van der Waals surface area (Å²) in [4.78, 5) is 28.9. The van der Waals surface area contributed by atoms with Crippen LogP contribution >= 0.6 is 0 Å². The number of nitrogens with zero attached hydrogens (tertiary/aromatic N) is 4. The van der Waals surface area contributed by atoms with Crippen LogP contribution in [-0.4, -0.2) is 39.5 Å². The van der Waals surface area contributed by atoms with Gasteiger partial charge in [-0.3, -0.25) is 14.5 Å². The highest BCUT2D eigenvalue weighted by Gasteiger charge is 2.36. The van der Waals surface area contributed by atoms with Crippen LogP contribution in [0.5, 0.6) is 5.75 Å². The van der Waals surface area contributed by atoms with Crippen LogP contribution in [0.15, 0.2) is 72.8 Å². The number of benzene rings is 3. The molecule has 2 amide bonds. The van der Waals surface area contributed by atoms with Gasteiger partial charge in [0.1, 0.15) is 29.7 Å². The van der Waals surface area contributed by atoms with Crippen LogP contribution in [-0.2, 0) is 16.1 Å².